The second-order valence-corrected chi connectivity index (χ2v) is 8.01. The third-order valence-electron chi connectivity index (χ3n) is 3.66. The zero-order chi connectivity index (χ0) is 16.6. The highest BCUT2D eigenvalue weighted by Gasteiger charge is 2.34. The van der Waals surface area contributed by atoms with E-state index in [1.165, 1.54) is 23.5 Å². The molecule has 0 bridgehead atoms. The van der Waals surface area contributed by atoms with E-state index in [2.05, 4.69) is 0 Å². The Kier molecular flexibility index (Phi) is 4.64. The number of anilines is 1. The van der Waals surface area contributed by atoms with Gasteiger partial charge < -0.3 is 5.73 Å². The minimum atomic E-state index is -3.90. The molecule has 0 aliphatic heterocycles. The molecule has 0 aromatic heterocycles. The zero-order valence-corrected chi connectivity index (χ0v) is 13.6. The van der Waals surface area contributed by atoms with Crippen molar-refractivity contribution >= 4 is 21.4 Å². The second kappa shape index (κ2) is 5.61. The molecule has 8 heteroatoms. The number of sulfonamides is 1. The van der Waals surface area contributed by atoms with E-state index in [9.17, 15) is 18.5 Å². The molecular formula is C13H21N3O4S. The predicted octanol–water partition coefficient (Wildman–Crippen LogP) is 2.23. The molecule has 0 spiro atoms. The van der Waals surface area contributed by atoms with Crippen molar-refractivity contribution in [2.75, 3.05) is 12.8 Å². The van der Waals surface area contributed by atoms with Gasteiger partial charge in [0, 0.05) is 25.2 Å². The van der Waals surface area contributed by atoms with Crippen LogP contribution in [0.4, 0.5) is 11.4 Å². The van der Waals surface area contributed by atoms with Gasteiger partial charge in [0.1, 0.15) is 4.90 Å². The summed E-state index contributed by atoms with van der Waals surface area (Å²) in [6.45, 7) is 7.53. The first-order chi connectivity index (χ1) is 9.39. The third kappa shape index (κ3) is 3.51. The molecule has 0 aliphatic rings. The van der Waals surface area contributed by atoms with Crippen LogP contribution in [0.5, 0.6) is 0 Å². The number of nitrogens with two attached hydrogens (primary N) is 1. The molecule has 1 rings (SSSR count). The summed E-state index contributed by atoms with van der Waals surface area (Å²) < 4.78 is 26.5. The lowest BCUT2D eigenvalue weighted by atomic mass is 9.88. The summed E-state index contributed by atoms with van der Waals surface area (Å²) in [4.78, 5) is 9.92. The van der Waals surface area contributed by atoms with Gasteiger partial charge in [0.15, 0.2) is 0 Å². The van der Waals surface area contributed by atoms with Gasteiger partial charge in [-0.25, -0.2) is 8.42 Å². The number of hydrogen-bond acceptors (Lipinski definition) is 5. The summed E-state index contributed by atoms with van der Waals surface area (Å²) in [7, 11) is -2.46. The number of nitrogen functional groups attached to an aromatic ring is 1. The van der Waals surface area contributed by atoms with Gasteiger partial charge in [-0.1, -0.05) is 20.8 Å². The van der Waals surface area contributed by atoms with Gasteiger partial charge in [-0.3, -0.25) is 10.1 Å². The topological polar surface area (TPSA) is 107 Å². The van der Waals surface area contributed by atoms with Crippen molar-refractivity contribution < 1.29 is 13.3 Å². The summed E-state index contributed by atoms with van der Waals surface area (Å²) in [6, 6.07) is 3.11. The van der Waals surface area contributed by atoms with Gasteiger partial charge in [0.25, 0.3) is 5.69 Å². The molecule has 1 aromatic rings. The molecule has 0 saturated heterocycles. The Bertz CT molecular complexity index is 650. The van der Waals surface area contributed by atoms with Crippen LogP contribution in [0.2, 0.25) is 0 Å². The van der Waals surface area contributed by atoms with Crippen molar-refractivity contribution in [1.29, 1.82) is 0 Å². The molecule has 0 aliphatic carbocycles. The van der Waals surface area contributed by atoms with Crippen molar-refractivity contribution in [1.82, 2.24) is 4.31 Å². The summed E-state index contributed by atoms with van der Waals surface area (Å²) in [5.41, 5.74) is 5.10. The first kappa shape index (κ1) is 17.4. The fourth-order valence-electron chi connectivity index (χ4n) is 1.77. The Morgan fingerprint density at radius 3 is 2.29 bits per heavy atom. The molecule has 1 aromatic carbocycles. The van der Waals surface area contributed by atoms with Crippen LogP contribution >= 0.6 is 0 Å². The highest BCUT2D eigenvalue weighted by Crippen LogP contribution is 2.31. The van der Waals surface area contributed by atoms with Crippen LogP contribution in [0.1, 0.15) is 27.7 Å². The Hall–Kier alpha value is -1.67. The highest BCUT2D eigenvalue weighted by atomic mass is 32.2. The van der Waals surface area contributed by atoms with E-state index >= 15 is 0 Å². The van der Waals surface area contributed by atoms with Gasteiger partial charge in [-0.05, 0) is 18.4 Å². The molecule has 1 atom stereocenters. The van der Waals surface area contributed by atoms with E-state index < -0.39 is 14.9 Å². The third-order valence-corrected chi connectivity index (χ3v) is 5.65. The fourth-order valence-corrected chi connectivity index (χ4v) is 3.45. The first-order valence-corrected chi connectivity index (χ1v) is 7.85. The van der Waals surface area contributed by atoms with Crippen molar-refractivity contribution in [3.8, 4) is 0 Å². The summed E-state index contributed by atoms with van der Waals surface area (Å²) in [5.74, 6) is 0. The number of nitro groups is 1. The Morgan fingerprint density at radius 1 is 1.33 bits per heavy atom. The number of hydrogen-bond donors (Lipinski definition) is 1. The SMILES string of the molecule is CC(N(C)S(=O)(=O)c1cc([N+](=O)[O-])ccc1N)C(C)(C)C. The standard InChI is InChI=1S/C13H21N3O4S/c1-9(13(2,3)4)15(5)21(19,20)12-8-10(16(17)18)6-7-11(12)14/h6-9H,14H2,1-5H3. The van der Waals surface area contributed by atoms with E-state index in [1.807, 2.05) is 20.8 Å². The molecule has 118 valence electrons. The van der Waals surface area contributed by atoms with Crippen LogP contribution in [0.25, 0.3) is 0 Å². The van der Waals surface area contributed by atoms with Crippen molar-refractivity contribution in [3.05, 3.63) is 28.3 Å². The largest absolute Gasteiger partial charge is 0.398 e. The first-order valence-electron chi connectivity index (χ1n) is 6.41. The molecular weight excluding hydrogens is 294 g/mol. The molecule has 0 fully saturated rings. The highest BCUT2D eigenvalue weighted by molar-refractivity contribution is 7.89. The number of non-ortho nitro benzene ring substituents is 1. The van der Waals surface area contributed by atoms with Gasteiger partial charge >= 0.3 is 0 Å². The lowest BCUT2D eigenvalue weighted by molar-refractivity contribution is -0.385. The normalized spacial score (nSPS) is 14.2. The zero-order valence-electron chi connectivity index (χ0n) is 12.8. The van der Waals surface area contributed by atoms with Gasteiger partial charge in [-0.2, -0.15) is 4.31 Å². The quantitative estimate of drug-likeness (QED) is 0.521. The predicted molar refractivity (Wildman–Crippen MR) is 81.4 cm³/mol. The Balaban J connectivity index is 3.37. The molecule has 0 heterocycles. The average molecular weight is 315 g/mol. The number of nitro benzene ring substituents is 1. The number of rotatable bonds is 4. The minimum Gasteiger partial charge on any atom is -0.398 e. The number of benzene rings is 1. The van der Waals surface area contributed by atoms with Crippen LogP contribution in [0, 0.1) is 15.5 Å². The summed E-state index contributed by atoms with van der Waals surface area (Å²) in [6.07, 6.45) is 0. The lowest BCUT2D eigenvalue weighted by Crippen LogP contribution is -2.43. The Morgan fingerprint density at radius 2 is 1.86 bits per heavy atom. The van der Waals surface area contributed by atoms with Crippen LogP contribution in [0.3, 0.4) is 0 Å². The van der Waals surface area contributed by atoms with Crippen LogP contribution in [0.15, 0.2) is 23.1 Å². The fraction of sp³-hybridized carbons (Fsp3) is 0.538. The molecule has 7 nitrogen and oxygen atoms in total. The second-order valence-electron chi connectivity index (χ2n) is 6.04. The molecule has 1 unspecified atom stereocenters. The summed E-state index contributed by atoms with van der Waals surface area (Å²) in [5, 5.41) is 10.8. The Labute approximate surface area is 124 Å². The smallest absolute Gasteiger partial charge is 0.270 e. The monoisotopic (exact) mass is 315 g/mol. The van der Waals surface area contributed by atoms with Crippen molar-refractivity contribution in [2.24, 2.45) is 5.41 Å². The van der Waals surface area contributed by atoms with E-state index in [0.29, 0.717) is 0 Å². The lowest BCUT2D eigenvalue weighted by Gasteiger charge is -2.34. The van der Waals surface area contributed by atoms with Crippen molar-refractivity contribution in [2.45, 2.75) is 38.6 Å². The average Bonchev–Trinajstić information content (AvgIpc) is 2.35. The molecule has 21 heavy (non-hydrogen) atoms. The van der Waals surface area contributed by atoms with Crippen LogP contribution in [-0.2, 0) is 10.0 Å². The van der Waals surface area contributed by atoms with Crippen LogP contribution in [-0.4, -0.2) is 30.7 Å². The van der Waals surface area contributed by atoms with E-state index in [-0.39, 0.29) is 27.7 Å². The minimum absolute atomic E-state index is 0.00596. The maximum Gasteiger partial charge on any atom is 0.270 e. The molecule has 0 amide bonds. The van der Waals surface area contributed by atoms with Crippen molar-refractivity contribution in [3.63, 3.8) is 0 Å². The summed E-state index contributed by atoms with van der Waals surface area (Å²) >= 11 is 0. The van der Waals surface area contributed by atoms with Gasteiger partial charge in [0.2, 0.25) is 10.0 Å². The van der Waals surface area contributed by atoms with E-state index in [1.54, 1.807) is 6.92 Å². The van der Waals surface area contributed by atoms with Crippen LogP contribution < -0.4 is 5.73 Å². The van der Waals surface area contributed by atoms with Gasteiger partial charge in [0.05, 0.1) is 10.6 Å². The molecule has 2 N–H and O–H groups in total. The molecule has 0 saturated carbocycles. The van der Waals surface area contributed by atoms with Gasteiger partial charge in [-0.15, -0.1) is 0 Å². The van der Waals surface area contributed by atoms with E-state index in [0.717, 1.165) is 6.07 Å². The molecule has 0 radical (unpaired) electrons. The number of nitrogens with zero attached hydrogens (tertiary/aromatic N) is 2. The van der Waals surface area contributed by atoms with E-state index in [4.69, 9.17) is 5.73 Å². The maximum absolute atomic E-state index is 12.6. The maximum atomic E-state index is 12.6.